The Balaban J connectivity index is 1.40. The summed E-state index contributed by atoms with van der Waals surface area (Å²) in [6.07, 6.45) is 4.71. The average molecular weight is 356 g/mol. The van der Waals surface area contributed by atoms with Crippen molar-refractivity contribution in [2.75, 3.05) is 39.9 Å². The van der Waals surface area contributed by atoms with Crippen LogP contribution in [0, 0.1) is 0 Å². The standard InChI is InChI=1S/C20H26N4O2/c1-22-13-9-20(10-14-22)18(25)24(19(26)21-20)15-23-11-7-17(8-12-23)16-5-3-2-4-6-16/h2-7H,8-15H2,1H3,(H,21,26)/p+2. The number of amides is 3. The van der Waals surface area contributed by atoms with Gasteiger partial charge in [0.05, 0.1) is 33.2 Å². The molecule has 138 valence electrons. The number of nitrogens with zero attached hydrogens (tertiary/aromatic N) is 1. The molecule has 0 bridgehead atoms. The van der Waals surface area contributed by atoms with Crippen molar-refractivity contribution in [1.82, 2.24) is 10.2 Å². The molecule has 3 aliphatic heterocycles. The maximum Gasteiger partial charge on any atom is 0.329 e. The van der Waals surface area contributed by atoms with E-state index in [0.29, 0.717) is 6.67 Å². The van der Waals surface area contributed by atoms with E-state index in [2.05, 4.69) is 42.7 Å². The van der Waals surface area contributed by atoms with Gasteiger partial charge in [-0.25, -0.2) is 9.69 Å². The molecule has 1 unspecified atom stereocenters. The first-order chi connectivity index (χ1) is 12.6. The summed E-state index contributed by atoms with van der Waals surface area (Å²) in [4.78, 5) is 29.6. The minimum absolute atomic E-state index is 0.0136. The van der Waals surface area contributed by atoms with Gasteiger partial charge in [-0.2, -0.15) is 0 Å². The normalized spacial score (nSPS) is 31.9. The zero-order chi connectivity index (χ0) is 18.1. The van der Waals surface area contributed by atoms with E-state index in [1.54, 1.807) is 0 Å². The first kappa shape index (κ1) is 17.2. The number of urea groups is 1. The third kappa shape index (κ3) is 3.15. The van der Waals surface area contributed by atoms with Crippen LogP contribution < -0.4 is 15.1 Å². The van der Waals surface area contributed by atoms with Crippen molar-refractivity contribution in [2.24, 2.45) is 0 Å². The quantitative estimate of drug-likeness (QED) is 0.603. The summed E-state index contributed by atoms with van der Waals surface area (Å²) < 4.78 is 0. The van der Waals surface area contributed by atoms with E-state index in [-0.39, 0.29) is 11.9 Å². The highest BCUT2D eigenvalue weighted by molar-refractivity contribution is 6.06. The number of rotatable bonds is 3. The summed E-state index contributed by atoms with van der Waals surface area (Å²) in [5.41, 5.74) is 1.99. The molecule has 0 saturated carbocycles. The third-order valence-electron chi connectivity index (χ3n) is 6.11. The van der Waals surface area contributed by atoms with Crippen LogP contribution in [0.3, 0.4) is 0 Å². The molecule has 0 aliphatic carbocycles. The molecule has 4 rings (SSSR count). The highest BCUT2D eigenvalue weighted by Crippen LogP contribution is 2.25. The van der Waals surface area contributed by atoms with E-state index >= 15 is 0 Å². The number of carbonyl (C=O) groups is 2. The van der Waals surface area contributed by atoms with Crippen LogP contribution in [0.5, 0.6) is 0 Å². The van der Waals surface area contributed by atoms with Crippen molar-refractivity contribution >= 4 is 17.5 Å². The van der Waals surface area contributed by atoms with Crippen molar-refractivity contribution in [1.29, 1.82) is 0 Å². The molecule has 3 aliphatic rings. The van der Waals surface area contributed by atoms with Crippen molar-refractivity contribution < 1.29 is 19.4 Å². The molecule has 1 atom stereocenters. The fourth-order valence-corrected chi connectivity index (χ4v) is 4.33. The summed E-state index contributed by atoms with van der Waals surface area (Å²) in [6.45, 7) is 4.12. The van der Waals surface area contributed by atoms with Crippen LogP contribution in [0.25, 0.3) is 5.57 Å². The molecule has 0 radical (unpaired) electrons. The molecule has 0 aromatic heterocycles. The SMILES string of the molecule is C[NH+]1CCC2(CC1)NC(=O)N(C[NH+]1CC=C(c3ccccc3)CC1)C2=O. The van der Waals surface area contributed by atoms with Crippen LogP contribution in [-0.2, 0) is 4.79 Å². The van der Waals surface area contributed by atoms with Gasteiger partial charge in [0.2, 0.25) is 0 Å². The van der Waals surface area contributed by atoms with Crippen LogP contribution >= 0.6 is 0 Å². The highest BCUT2D eigenvalue weighted by Gasteiger charge is 2.54. The van der Waals surface area contributed by atoms with Crippen LogP contribution in [0.1, 0.15) is 24.8 Å². The molecule has 1 aromatic rings. The monoisotopic (exact) mass is 356 g/mol. The predicted octanol–water partition coefficient (Wildman–Crippen LogP) is -1.08. The fraction of sp³-hybridized carbons (Fsp3) is 0.500. The number of likely N-dealkylation sites (tertiary alicyclic amines) is 1. The summed E-state index contributed by atoms with van der Waals surface area (Å²) >= 11 is 0. The van der Waals surface area contributed by atoms with Gasteiger partial charge in [0, 0.05) is 19.3 Å². The van der Waals surface area contributed by atoms with E-state index in [0.717, 1.165) is 45.4 Å². The Hall–Kier alpha value is -2.18. The summed E-state index contributed by atoms with van der Waals surface area (Å²) in [5, 5.41) is 3.01. The van der Waals surface area contributed by atoms with Gasteiger partial charge in [0.25, 0.3) is 5.91 Å². The second-order valence-electron chi connectivity index (χ2n) is 7.91. The van der Waals surface area contributed by atoms with Crippen LogP contribution in [-0.4, -0.2) is 62.3 Å². The van der Waals surface area contributed by atoms with Crippen molar-refractivity contribution in [3.05, 3.63) is 42.0 Å². The Morgan fingerprint density at radius 2 is 1.85 bits per heavy atom. The molecule has 2 fully saturated rings. The molecule has 3 heterocycles. The third-order valence-corrected chi connectivity index (χ3v) is 6.11. The van der Waals surface area contributed by atoms with Gasteiger partial charge < -0.3 is 15.1 Å². The number of benzene rings is 1. The zero-order valence-corrected chi connectivity index (χ0v) is 15.4. The van der Waals surface area contributed by atoms with Gasteiger partial charge in [-0.1, -0.05) is 30.3 Å². The Bertz CT molecular complexity index is 723. The molecule has 3 N–H and O–H groups in total. The Labute approximate surface area is 154 Å². The summed E-state index contributed by atoms with van der Waals surface area (Å²) in [7, 11) is 2.14. The second-order valence-corrected chi connectivity index (χ2v) is 7.91. The van der Waals surface area contributed by atoms with E-state index in [1.165, 1.54) is 25.8 Å². The lowest BCUT2D eigenvalue weighted by Crippen LogP contribution is -3.14. The molecule has 1 aromatic carbocycles. The van der Waals surface area contributed by atoms with Crippen LogP contribution in [0.15, 0.2) is 36.4 Å². The van der Waals surface area contributed by atoms with Gasteiger partial charge in [-0.05, 0) is 17.2 Å². The maximum absolute atomic E-state index is 13.0. The van der Waals surface area contributed by atoms with Gasteiger partial charge in [-0.15, -0.1) is 0 Å². The number of nitrogens with one attached hydrogen (secondary N) is 3. The molecule has 3 amide bonds. The Morgan fingerprint density at radius 1 is 1.12 bits per heavy atom. The van der Waals surface area contributed by atoms with E-state index < -0.39 is 5.54 Å². The minimum atomic E-state index is -0.642. The van der Waals surface area contributed by atoms with Gasteiger partial charge >= 0.3 is 6.03 Å². The zero-order valence-electron chi connectivity index (χ0n) is 15.4. The summed E-state index contributed by atoms with van der Waals surface area (Å²) in [6, 6.07) is 10.2. The number of imide groups is 1. The first-order valence-electron chi connectivity index (χ1n) is 9.61. The van der Waals surface area contributed by atoms with E-state index in [9.17, 15) is 9.59 Å². The van der Waals surface area contributed by atoms with Crippen molar-refractivity contribution in [2.45, 2.75) is 24.8 Å². The first-order valence-corrected chi connectivity index (χ1v) is 9.61. The smallest absolute Gasteiger partial charge is 0.329 e. The molecule has 6 heteroatoms. The molecular formula is C20H28N4O2+2. The minimum Gasteiger partial charge on any atom is -0.337 e. The fourth-order valence-electron chi connectivity index (χ4n) is 4.33. The largest absolute Gasteiger partial charge is 0.337 e. The Morgan fingerprint density at radius 3 is 2.50 bits per heavy atom. The van der Waals surface area contributed by atoms with Gasteiger partial charge in [-0.3, -0.25) is 4.79 Å². The lowest BCUT2D eigenvalue weighted by molar-refractivity contribution is -0.902. The maximum atomic E-state index is 13.0. The van der Waals surface area contributed by atoms with Crippen LogP contribution in [0.2, 0.25) is 0 Å². The average Bonchev–Trinajstić information content (AvgIpc) is 2.90. The highest BCUT2D eigenvalue weighted by atomic mass is 16.2. The number of carbonyl (C=O) groups excluding carboxylic acids is 2. The number of piperidine rings is 1. The van der Waals surface area contributed by atoms with Crippen molar-refractivity contribution in [3.8, 4) is 0 Å². The van der Waals surface area contributed by atoms with E-state index in [4.69, 9.17) is 0 Å². The molecular weight excluding hydrogens is 328 g/mol. The van der Waals surface area contributed by atoms with Crippen LogP contribution in [0.4, 0.5) is 4.79 Å². The molecule has 2 saturated heterocycles. The Kier molecular flexibility index (Phi) is 4.54. The van der Waals surface area contributed by atoms with E-state index in [1.807, 2.05) is 6.07 Å². The lowest BCUT2D eigenvalue weighted by atomic mass is 9.88. The predicted molar refractivity (Wildman–Crippen MR) is 98.6 cm³/mol. The van der Waals surface area contributed by atoms with Crippen molar-refractivity contribution in [3.63, 3.8) is 0 Å². The number of quaternary nitrogens is 2. The second kappa shape index (κ2) is 6.85. The topological polar surface area (TPSA) is 58.3 Å². The number of hydrogen-bond acceptors (Lipinski definition) is 2. The summed E-state index contributed by atoms with van der Waals surface area (Å²) in [5.74, 6) is -0.0136. The lowest BCUT2D eigenvalue weighted by Gasteiger charge is -2.33. The molecule has 6 nitrogen and oxygen atoms in total. The van der Waals surface area contributed by atoms with Gasteiger partial charge in [0.15, 0.2) is 6.67 Å². The van der Waals surface area contributed by atoms with Gasteiger partial charge in [0.1, 0.15) is 5.54 Å². The molecule has 1 spiro atoms. The molecule has 26 heavy (non-hydrogen) atoms. The number of hydrogen-bond donors (Lipinski definition) is 3.